The van der Waals surface area contributed by atoms with E-state index in [4.69, 9.17) is 9.47 Å². The highest BCUT2D eigenvalue weighted by Crippen LogP contribution is 2.32. The monoisotopic (exact) mass is 859 g/mol. The molecule has 52 heavy (non-hydrogen) atoms. The number of nitrogens with zero attached hydrogens (tertiary/aromatic N) is 2. The minimum absolute atomic E-state index is 0.0293. The van der Waals surface area contributed by atoms with Crippen LogP contribution in [0.2, 0.25) is 0 Å². The van der Waals surface area contributed by atoms with Crippen LogP contribution in [0.15, 0.2) is 30.4 Å². The molecular formula is C34H43FIN5O10S. The first-order chi connectivity index (χ1) is 24.3. The molecule has 2 fully saturated rings. The number of hydrogen-bond donors (Lipinski definition) is 3. The van der Waals surface area contributed by atoms with Gasteiger partial charge in [0.25, 0.3) is 5.91 Å². The van der Waals surface area contributed by atoms with Crippen LogP contribution in [0.1, 0.15) is 77.3 Å². The smallest absolute Gasteiger partial charge is 0.410 e. The van der Waals surface area contributed by atoms with E-state index in [0.29, 0.717) is 30.4 Å². The van der Waals surface area contributed by atoms with Gasteiger partial charge in [0.05, 0.1) is 24.3 Å². The lowest BCUT2D eigenvalue weighted by Gasteiger charge is -2.33. The molecule has 5 atom stereocenters. The summed E-state index contributed by atoms with van der Waals surface area (Å²) in [6.07, 6.45) is 1.08. The van der Waals surface area contributed by atoms with Crippen molar-refractivity contribution in [3.8, 4) is 0 Å². The van der Waals surface area contributed by atoms with Crippen LogP contribution in [0.3, 0.4) is 0 Å². The van der Waals surface area contributed by atoms with Gasteiger partial charge in [-0.2, -0.15) is 0 Å². The Bertz CT molecular complexity index is 1780. The number of allylic oxidation sites excluding steroid dienone is 2. The molecule has 284 valence electrons. The van der Waals surface area contributed by atoms with Gasteiger partial charge < -0.3 is 25.0 Å². The number of likely N-dealkylation sites (tertiary alicyclic amines) is 1. The fourth-order valence-electron chi connectivity index (χ4n) is 6.45. The molecule has 18 heteroatoms. The van der Waals surface area contributed by atoms with E-state index in [-0.39, 0.29) is 38.9 Å². The van der Waals surface area contributed by atoms with Crippen molar-refractivity contribution in [2.45, 2.75) is 112 Å². The van der Waals surface area contributed by atoms with E-state index >= 15 is 0 Å². The Balaban J connectivity index is 1.40. The molecule has 1 saturated carbocycles. The maximum atomic E-state index is 14.4. The summed E-state index contributed by atoms with van der Waals surface area (Å²) in [6.45, 7) is 6.31. The molecule has 2 heterocycles. The standard InChI is InChI=1S/C34H43FIN5O10S/c1-5-14-34(36,30(45)39-52(48,49)21-12-13-21)38-28(43)25-15-20(50-32(47)40-16-19-8-6-10-24(35)23(19)18-40)17-41(25)29(44)27(22-9-7-11-26(22)42)37-31(46)51-33(2,3)4/h6-8,10-11,20-22,25,27H,5,9,12-18H2,1-4H3,(H,37,46)(H,38,43)(H,39,45)/t20-,22?,25+,27+,34-/m1/s1. The topological polar surface area (TPSA) is 198 Å². The number of alkyl halides is 1. The maximum absolute atomic E-state index is 14.4. The van der Waals surface area contributed by atoms with Gasteiger partial charge in [-0.1, -0.05) is 31.6 Å². The first-order valence-corrected chi connectivity index (χ1v) is 19.7. The van der Waals surface area contributed by atoms with E-state index in [1.165, 1.54) is 23.1 Å². The summed E-state index contributed by atoms with van der Waals surface area (Å²) in [5.41, 5.74) is 0.0151. The largest absolute Gasteiger partial charge is 0.444 e. The number of halogens is 2. The van der Waals surface area contributed by atoms with E-state index in [1.54, 1.807) is 62.4 Å². The van der Waals surface area contributed by atoms with E-state index in [0.717, 1.165) is 4.90 Å². The lowest BCUT2D eigenvalue weighted by atomic mass is 9.94. The number of fused-ring (bicyclic) bond motifs is 1. The highest BCUT2D eigenvalue weighted by Gasteiger charge is 2.50. The molecule has 1 aromatic carbocycles. The van der Waals surface area contributed by atoms with Crippen molar-refractivity contribution >= 4 is 68.3 Å². The van der Waals surface area contributed by atoms with Crippen molar-refractivity contribution in [1.82, 2.24) is 25.2 Å². The highest BCUT2D eigenvalue weighted by molar-refractivity contribution is 14.1. The van der Waals surface area contributed by atoms with Crippen molar-refractivity contribution in [3.63, 3.8) is 0 Å². The number of ketones is 1. The summed E-state index contributed by atoms with van der Waals surface area (Å²) in [7, 11) is -3.97. The highest BCUT2D eigenvalue weighted by atomic mass is 127. The molecule has 0 bridgehead atoms. The fraction of sp³-hybridized carbons (Fsp3) is 0.588. The van der Waals surface area contributed by atoms with Crippen molar-refractivity contribution < 1.29 is 51.0 Å². The third-order valence-corrected chi connectivity index (χ3v) is 12.3. The Morgan fingerprint density at radius 2 is 1.83 bits per heavy atom. The normalized spacial score (nSPS) is 23.0. The summed E-state index contributed by atoms with van der Waals surface area (Å²) < 4.78 is 51.1. The van der Waals surface area contributed by atoms with Gasteiger partial charge in [-0.05, 0) is 86.8 Å². The first-order valence-electron chi connectivity index (χ1n) is 17.1. The van der Waals surface area contributed by atoms with Gasteiger partial charge in [-0.3, -0.25) is 28.8 Å². The number of ether oxygens (including phenoxy) is 2. The minimum atomic E-state index is -3.97. The summed E-state index contributed by atoms with van der Waals surface area (Å²) in [5.74, 6) is -4.56. The lowest BCUT2D eigenvalue weighted by Crippen LogP contribution is -2.61. The number of alkyl carbamates (subject to hydrolysis) is 1. The minimum Gasteiger partial charge on any atom is -0.444 e. The maximum Gasteiger partial charge on any atom is 0.410 e. The van der Waals surface area contributed by atoms with E-state index in [9.17, 15) is 41.6 Å². The molecule has 0 aromatic heterocycles. The second-order valence-corrected chi connectivity index (χ2v) is 18.3. The van der Waals surface area contributed by atoms with Crippen LogP contribution in [0.4, 0.5) is 14.0 Å². The first kappa shape index (κ1) is 39.4. The van der Waals surface area contributed by atoms with Crippen LogP contribution in [0.25, 0.3) is 0 Å². The molecular weight excluding hydrogens is 816 g/mol. The number of amides is 5. The number of sulfonamides is 1. The van der Waals surface area contributed by atoms with Gasteiger partial charge >= 0.3 is 12.2 Å². The Kier molecular flexibility index (Phi) is 11.6. The molecule has 0 spiro atoms. The second kappa shape index (κ2) is 15.3. The van der Waals surface area contributed by atoms with Crippen LogP contribution in [0, 0.1) is 11.7 Å². The van der Waals surface area contributed by atoms with Crippen LogP contribution >= 0.6 is 22.6 Å². The SMILES string of the molecule is CCC[C@@](I)(NC(=O)[C@@H]1C[C@@H](OC(=O)N2Cc3cccc(F)c3C2)CN1C(=O)[C@@H](NC(=O)OC(C)(C)C)C1CC=CC1=O)C(=O)NS(=O)(=O)C1CC1. The van der Waals surface area contributed by atoms with Gasteiger partial charge in [0.2, 0.25) is 21.8 Å². The van der Waals surface area contributed by atoms with Gasteiger partial charge in [-0.25, -0.2) is 22.4 Å². The quantitative estimate of drug-likeness (QED) is 0.169. The lowest BCUT2D eigenvalue weighted by molar-refractivity contribution is -0.143. The molecule has 1 aromatic rings. The molecule has 4 aliphatic rings. The molecule has 2 aliphatic carbocycles. The number of carbonyl (C=O) groups is 6. The summed E-state index contributed by atoms with van der Waals surface area (Å²) >= 11 is 1.68. The van der Waals surface area contributed by atoms with Gasteiger partial charge in [0.1, 0.15) is 29.6 Å². The molecule has 0 radical (unpaired) electrons. The van der Waals surface area contributed by atoms with Crippen LogP contribution in [-0.4, -0.2) is 93.0 Å². The zero-order valence-electron chi connectivity index (χ0n) is 29.3. The molecule has 1 saturated heterocycles. The average Bonchev–Trinajstić information content (AvgIpc) is 3.47. The number of rotatable bonds is 11. The number of benzene rings is 1. The van der Waals surface area contributed by atoms with Crippen LogP contribution < -0.4 is 15.4 Å². The van der Waals surface area contributed by atoms with Crippen LogP contribution in [0.5, 0.6) is 0 Å². The summed E-state index contributed by atoms with van der Waals surface area (Å²) in [6, 6.07) is 1.65. The molecule has 2 aliphatic heterocycles. The second-order valence-electron chi connectivity index (χ2n) is 14.5. The number of nitrogens with one attached hydrogen (secondary N) is 3. The van der Waals surface area contributed by atoms with Crippen LogP contribution in [-0.2, 0) is 51.8 Å². The molecule has 15 nitrogen and oxygen atoms in total. The molecule has 1 unspecified atom stereocenters. The average molecular weight is 860 g/mol. The van der Waals surface area contributed by atoms with Crippen molar-refractivity contribution in [2.75, 3.05) is 6.54 Å². The molecule has 5 rings (SSSR count). The fourth-order valence-corrected chi connectivity index (χ4v) is 8.93. The molecule has 3 N–H and O–H groups in total. The van der Waals surface area contributed by atoms with Gasteiger partial charge in [-0.15, -0.1) is 0 Å². The Labute approximate surface area is 314 Å². The predicted molar refractivity (Wildman–Crippen MR) is 191 cm³/mol. The van der Waals surface area contributed by atoms with Gasteiger partial charge in [0, 0.05) is 18.5 Å². The van der Waals surface area contributed by atoms with Gasteiger partial charge in [0.15, 0.2) is 9.33 Å². The van der Waals surface area contributed by atoms with E-state index in [2.05, 4.69) is 15.4 Å². The summed E-state index contributed by atoms with van der Waals surface area (Å²) in [5, 5.41) is 4.43. The Morgan fingerprint density at radius 3 is 2.42 bits per heavy atom. The zero-order chi connectivity index (χ0) is 38.2. The zero-order valence-corrected chi connectivity index (χ0v) is 32.3. The third kappa shape index (κ3) is 9.03. The van der Waals surface area contributed by atoms with Crippen molar-refractivity contribution in [1.29, 1.82) is 0 Å². The Hall–Kier alpha value is -3.81. The Morgan fingerprint density at radius 1 is 1.12 bits per heavy atom. The van der Waals surface area contributed by atoms with E-state index < -0.39 is 90.0 Å². The van der Waals surface area contributed by atoms with Crippen molar-refractivity contribution in [2.24, 2.45) is 5.92 Å². The van der Waals surface area contributed by atoms with E-state index in [1.807, 2.05) is 0 Å². The molecule has 5 amide bonds. The predicted octanol–water partition coefficient (Wildman–Crippen LogP) is 2.94. The summed E-state index contributed by atoms with van der Waals surface area (Å²) in [4.78, 5) is 83.4. The third-order valence-electron chi connectivity index (χ3n) is 9.15. The number of carbonyl (C=O) groups excluding carboxylic acids is 6. The van der Waals surface area contributed by atoms with Crippen molar-refractivity contribution in [3.05, 3.63) is 47.3 Å². The number of hydrogen-bond acceptors (Lipinski definition) is 10.